The second kappa shape index (κ2) is 7.44. The molecule has 6 nitrogen and oxygen atoms in total. The number of hydrogen-bond donors (Lipinski definition) is 1. The fourth-order valence-electron chi connectivity index (χ4n) is 2.85. The van der Waals surface area contributed by atoms with E-state index in [1.165, 1.54) is 5.56 Å². The number of anilines is 1. The minimum Gasteiger partial charge on any atom is -0.305 e. The van der Waals surface area contributed by atoms with Crippen molar-refractivity contribution in [2.45, 2.75) is 13.8 Å². The summed E-state index contributed by atoms with van der Waals surface area (Å²) in [7, 11) is 0. The van der Waals surface area contributed by atoms with Gasteiger partial charge in [-0.25, -0.2) is 9.36 Å². The zero-order chi connectivity index (χ0) is 19.7. The van der Waals surface area contributed by atoms with Gasteiger partial charge < -0.3 is 5.32 Å². The Kier molecular flexibility index (Phi) is 4.83. The molecule has 2 aromatic carbocycles. The summed E-state index contributed by atoms with van der Waals surface area (Å²) in [6.07, 6.45) is 3.24. The molecule has 0 saturated heterocycles. The van der Waals surface area contributed by atoms with Crippen LogP contribution in [0.4, 0.5) is 5.82 Å². The van der Waals surface area contributed by atoms with E-state index in [4.69, 9.17) is 0 Å². The minimum absolute atomic E-state index is 0.253. The first-order chi connectivity index (χ1) is 13.5. The monoisotopic (exact) mass is 435 g/mol. The third-order valence-corrected chi connectivity index (χ3v) is 4.87. The average molecular weight is 436 g/mol. The number of nitrogens with one attached hydrogen (secondary N) is 1. The van der Waals surface area contributed by atoms with E-state index in [-0.39, 0.29) is 5.91 Å². The van der Waals surface area contributed by atoms with E-state index in [1.807, 2.05) is 68.4 Å². The standard InChI is InChI=1S/C21H18BrN5O/c1-14-3-7-19(8-4-14)27-15(2)11-20(25-27)24-21(28)16-12-23-26(13-16)18-9-5-17(22)6-10-18/h3-13H,1-2H3,(H,24,25,28). The van der Waals surface area contributed by atoms with Crippen molar-refractivity contribution in [3.63, 3.8) is 0 Å². The van der Waals surface area contributed by atoms with Crippen LogP contribution in [0.15, 0.2) is 71.5 Å². The molecule has 0 aliphatic rings. The molecule has 4 aromatic rings. The van der Waals surface area contributed by atoms with Crippen molar-refractivity contribution in [1.29, 1.82) is 0 Å². The molecule has 0 bridgehead atoms. The van der Waals surface area contributed by atoms with Gasteiger partial charge in [0.25, 0.3) is 5.91 Å². The molecule has 0 spiro atoms. The lowest BCUT2D eigenvalue weighted by molar-refractivity contribution is 0.102. The van der Waals surface area contributed by atoms with Gasteiger partial charge in [-0.05, 0) is 50.2 Å². The molecular weight excluding hydrogens is 418 g/mol. The number of rotatable bonds is 4. The van der Waals surface area contributed by atoms with E-state index >= 15 is 0 Å². The summed E-state index contributed by atoms with van der Waals surface area (Å²) < 4.78 is 4.46. The molecule has 0 atom stereocenters. The molecule has 0 fully saturated rings. The van der Waals surface area contributed by atoms with Crippen LogP contribution in [0.5, 0.6) is 0 Å². The first-order valence-electron chi connectivity index (χ1n) is 8.75. The molecule has 2 heterocycles. The summed E-state index contributed by atoms with van der Waals surface area (Å²) in [6, 6.07) is 17.6. The maximum absolute atomic E-state index is 12.6. The number of aromatic nitrogens is 4. The van der Waals surface area contributed by atoms with Gasteiger partial charge >= 0.3 is 0 Å². The Bertz CT molecular complexity index is 1130. The van der Waals surface area contributed by atoms with Crippen LogP contribution in [0, 0.1) is 13.8 Å². The quantitative estimate of drug-likeness (QED) is 0.505. The van der Waals surface area contributed by atoms with Crippen molar-refractivity contribution in [3.05, 3.63) is 88.3 Å². The number of carbonyl (C=O) groups excluding carboxylic acids is 1. The number of amides is 1. The smallest absolute Gasteiger partial charge is 0.260 e. The maximum Gasteiger partial charge on any atom is 0.260 e. The van der Waals surface area contributed by atoms with Crippen LogP contribution >= 0.6 is 15.9 Å². The largest absolute Gasteiger partial charge is 0.305 e. The van der Waals surface area contributed by atoms with Crippen molar-refractivity contribution < 1.29 is 4.79 Å². The zero-order valence-corrected chi connectivity index (χ0v) is 17.0. The topological polar surface area (TPSA) is 64.7 Å². The molecule has 0 unspecified atom stereocenters. The van der Waals surface area contributed by atoms with Gasteiger partial charge in [-0.15, -0.1) is 5.10 Å². The fraction of sp³-hybridized carbons (Fsp3) is 0.0952. The number of aryl methyl sites for hydroxylation is 2. The molecule has 0 radical (unpaired) electrons. The van der Waals surface area contributed by atoms with Gasteiger partial charge in [0.15, 0.2) is 5.82 Å². The lowest BCUT2D eigenvalue weighted by Crippen LogP contribution is -2.12. The Morgan fingerprint density at radius 1 is 1.00 bits per heavy atom. The fourth-order valence-corrected chi connectivity index (χ4v) is 3.11. The highest BCUT2D eigenvalue weighted by molar-refractivity contribution is 9.10. The third kappa shape index (κ3) is 3.75. The molecule has 4 rings (SSSR count). The van der Waals surface area contributed by atoms with Gasteiger partial charge in [0.05, 0.1) is 23.1 Å². The third-order valence-electron chi connectivity index (χ3n) is 4.34. The van der Waals surface area contributed by atoms with Crippen LogP contribution in [-0.2, 0) is 0 Å². The van der Waals surface area contributed by atoms with Crippen LogP contribution in [0.1, 0.15) is 21.6 Å². The highest BCUT2D eigenvalue weighted by Crippen LogP contribution is 2.17. The minimum atomic E-state index is -0.253. The molecule has 140 valence electrons. The number of nitrogens with zero attached hydrogens (tertiary/aromatic N) is 4. The first-order valence-corrected chi connectivity index (χ1v) is 9.54. The van der Waals surface area contributed by atoms with E-state index in [9.17, 15) is 4.79 Å². The highest BCUT2D eigenvalue weighted by atomic mass is 79.9. The first kappa shape index (κ1) is 18.2. The number of benzene rings is 2. The van der Waals surface area contributed by atoms with Gasteiger partial charge in [0.1, 0.15) is 0 Å². The Labute approximate surface area is 170 Å². The second-order valence-corrected chi connectivity index (χ2v) is 7.44. The summed E-state index contributed by atoms with van der Waals surface area (Å²) in [6.45, 7) is 3.99. The Morgan fingerprint density at radius 2 is 1.68 bits per heavy atom. The second-order valence-electron chi connectivity index (χ2n) is 6.52. The molecule has 0 saturated carbocycles. The van der Waals surface area contributed by atoms with E-state index in [0.29, 0.717) is 11.4 Å². The average Bonchev–Trinajstić information content (AvgIpc) is 3.30. The Hall–Kier alpha value is -3.19. The van der Waals surface area contributed by atoms with E-state index in [0.717, 1.165) is 21.5 Å². The van der Waals surface area contributed by atoms with Gasteiger partial charge in [0.2, 0.25) is 0 Å². The van der Waals surface area contributed by atoms with Crippen LogP contribution < -0.4 is 5.32 Å². The van der Waals surface area contributed by atoms with Crippen molar-refractivity contribution in [2.75, 3.05) is 5.32 Å². The summed E-state index contributed by atoms with van der Waals surface area (Å²) in [5.41, 5.74) is 4.41. The predicted molar refractivity (Wildman–Crippen MR) is 112 cm³/mol. The molecule has 28 heavy (non-hydrogen) atoms. The van der Waals surface area contributed by atoms with E-state index in [2.05, 4.69) is 31.4 Å². The lowest BCUT2D eigenvalue weighted by atomic mass is 10.2. The molecule has 2 aromatic heterocycles. The van der Waals surface area contributed by atoms with Gasteiger partial charge in [-0.3, -0.25) is 4.79 Å². The number of halogens is 1. The van der Waals surface area contributed by atoms with E-state index in [1.54, 1.807) is 21.8 Å². The van der Waals surface area contributed by atoms with Crippen molar-refractivity contribution in [1.82, 2.24) is 19.6 Å². The van der Waals surface area contributed by atoms with Crippen molar-refractivity contribution in [2.24, 2.45) is 0 Å². The van der Waals surface area contributed by atoms with Crippen LogP contribution in [0.2, 0.25) is 0 Å². The van der Waals surface area contributed by atoms with Crippen molar-refractivity contribution in [3.8, 4) is 11.4 Å². The molecule has 0 aliphatic heterocycles. The highest BCUT2D eigenvalue weighted by Gasteiger charge is 2.13. The van der Waals surface area contributed by atoms with Gasteiger partial charge in [0, 0.05) is 22.4 Å². The SMILES string of the molecule is Cc1ccc(-n2nc(NC(=O)c3cnn(-c4ccc(Br)cc4)c3)cc2C)cc1. The molecule has 1 N–H and O–H groups in total. The lowest BCUT2D eigenvalue weighted by Gasteiger charge is -2.04. The summed E-state index contributed by atoms with van der Waals surface area (Å²) in [4.78, 5) is 12.6. The van der Waals surface area contributed by atoms with Gasteiger partial charge in [-0.2, -0.15) is 5.10 Å². The molecule has 0 aliphatic carbocycles. The summed E-state index contributed by atoms with van der Waals surface area (Å²) in [5.74, 6) is 0.247. The maximum atomic E-state index is 12.6. The Balaban J connectivity index is 1.52. The summed E-state index contributed by atoms with van der Waals surface area (Å²) in [5, 5.41) is 11.6. The van der Waals surface area contributed by atoms with Gasteiger partial charge in [-0.1, -0.05) is 33.6 Å². The van der Waals surface area contributed by atoms with Crippen LogP contribution in [0.3, 0.4) is 0 Å². The molecular formula is C21H18BrN5O. The van der Waals surface area contributed by atoms with Crippen molar-refractivity contribution >= 4 is 27.7 Å². The van der Waals surface area contributed by atoms with E-state index < -0.39 is 0 Å². The van der Waals surface area contributed by atoms with Crippen LogP contribution in [-0.4, -0.2) is 25.5 Å². The molecule has 7 heteroatoms. The Morgan fingerprint density at radius 3 is 2.39 bits per heavy atom. The van der Waals surface area contributed by atoms with Crippen LogP contribution in [0.25, 0.3) is 11.4 Å². The number of carbonyl (C=O) groups is 1. The molecule has 1 amide bonds. The normalized spacial score (nSPS) is 10.8. The zero-order valence-electron chi connectivity index (χ0n) is 15.4. The predicted octanol–water partition coefficient (Wildman–Crippen LogP) is 4.69. The number of hydrogen-bond acceptors (Lipinski definition) is 3. The summed E-state index contributed by atoms with van der Waals surface area (Å²) >= 11 is 3.41.